The van der Waals surface area contributed by atoms with Crippen LogP contribution in [0.1, 0.15) is 297 Å². The predicted octanol–water partition coefficient (Wildman–Crippen LogP) is 20.2. The van der Waals surface area contributed by atoms with Crippen molar-refractivity contribution >= 4 is 17.9 Å². The SMILES string of the molecule is CC/C=C\C/C=C\C/C=C\C/C=C\CCCCC(=O)OC[C@H](COC(=O)CCCCCCCCCCC/C=C\C/C=C\CCCCC)OC(=O)CCCCCCCCCCCCCCCCCCCC. The van der Waals surface area contributed by atoms with Gasteiger partial charge < -0.3 is 14.2 Å². The molecule has 0 fully saturated rings. The topological polar surface area (TPSA) is 78.9 Å². The zero-order chi connectivity index (χ0) is 50.7. The molecule has 70 heavy (non-hydrogen) atoms. The Morgan fingerprint density at radius 1 is 0.300 bits per heavy atom. The van der Waals surface area contributed by atoms with Crippen molar-refractivity contribution in [1.29, 1.82) is 0 Å². The van der Waals surface area contributed by atoms with Crippen LogP contribution in [-0.4, -0.2) is 37.2 Å². The maximum atomic E-state index is 12.9. The quantitative estimate of drug-likeness (QED) is 0.0261. The monoisotopic (exact) mass is 977 g/mol. The van der Waals surface area contributed by atoms with Gasteiger partial charge in [-0.05, 0) is 89.9 Å². The number of carbonyl (C=O) groups is 3. The van der Waals surface area contributed by atoms with Crippen LogP contribution in [0.3, 0.4) is 0 Å². The van der Waals surface area contributed by atoms with Gasteiger partial charge in [-0.15, -0.1) is 0 Å². The van der Waals surface area contributed by atoms with Crippen LogP contribution in [0.5, 0.6) is 0 Å². The molecular weight excluding hydrogens is 865 g/mol. The average Bonchev–Trinajstić information content (AvgIpc) is 3.36. The molecule has 1 atom stereocenters. The largest absolute Gasteiger partial charge is 0.462 e. The Morgan fingerprint density at radius 2 is 0.557 bits per heavy atom. The van der Waals surface area contributed by atoms with Crippen LogP contribution in [-0.2, 0) is 28.6 Å². The number of ether oxygens (including phenoxy) is 3. The molecule has 0 aromatic rings. The summed E-state index contributed by atoms with van der Waals surface area (Å²) in [5, 5.41) is 0. The highest BCUT2D eigenvalue weighted by Crippen LogP contribution is 2.16. The molecule has 0 rings (SSSR count). The normalized spacial score (nSPS) is 12.6. The summed E-state index contributed by atoms with van der Waals surface area (Å²) in [7, 11) is 0. The molecule has 0 spiro atoms. The minimum absolute atomic E-state index is 0.0885. The van der Waals surface area contributed by atoms with Crippen molar-refractivity contribution in [2.45, 2.75) is 303 Å². The first-order chi connectivity index (χ1) is 34.5. The lowest BCUT2D eigenvalue weighted by Gasteiger charge is -2.18. The van der Waals surface area contributed by atoms with Crippen LogP contribution >= 0.6 is 0 Å². The summed E-state index contributed by atoms with van der Waals surface area (Å²) in [6.07, 6.45) is 74.7. The third kappa shape index (κ3) is 55.8. The summed E-state index contributed by atoms with van der Waals surface area (Å²) in [5.74, 6) is -0.922. The van der Waals surface area contributed by atoms with E-state index in [0.717, 1.165) is 89.9 Å². The van der Waals surface area contributed by atoms with Crippen LogP contribution < -0.4 is 0 Å². The van der Waals surface area contributed by atoms with E-state index in [4.69, 9.17) is 14.2 Å². The molecule has 0 aliphatic rings. The molecule has 0 heterocycles. The molecule has 0 radical (unpaired) electrons. The Morgan fingerprint density at radius 3 is 0.929 bits per heavy atom. The van der Waals surface area contributed by atoms with Crippen molar-refractivity contribution in [3.63, 3.8) is 0 Å². The van der Waals surface area contributed by atoms with Crippen molar-refractivity contribution in [1.82, 2.24) is 0 Å². The molecule has 6 nitrogen and oxygen atoms in total. The van der Waals surface area contributed by atoms with E-state index < -0.39 is 6.10 Å². The van der Waals surface area contributed by atoms with Gasteiger partial charge in [-0.2, -0.15) is 0 Å². The van der Waals surface area contributed by atoms with Gasteiger partial charge in [0.1, 0.15) is 13.2 Å². The second-order valence-corrected chi connectivity index (χ2v) is 19.9. The van der Waals surface area contributed by atoms with Crippen LogP contribution in [0.4, 0.5) is 0 Å². The summed E-state index contributed by atoms with van der Waals surface area (Å²) in [6.45, 7) is 6.50. The van der Waals surface area contributed by atoms with Gasteiger partial charge in [-0.25, -0.2) is 0 Å². The van der Waals surface area contributed by atoms with Crippen LogP contribution in [0.25, 0.3) is 0 Å². The van der Waals surface area contributed by atoms with E-state index in [2.05, 4.69) is 93.7 Å². The second-order valence-electron chi connectivity index (χ2n) is 19.9. The van der Waals surface area contributed by atoms with Crippen molar-refractivity contribution in [2.24, 2.45) is 0 Å². The Bertz CT molecular complexity index is 1310. The minimum atomic E-state index is -0.793. The number of hydrogen-bond acceptors (Lipinski definition) is 6. The molecule has 0 amide bonds. The Hall–Kier alpha value is -3.15. The van der Waals surface area contributed by atoms with Crippen LogP contribution in [0.15, 0.2) is 72.9 Å². The summed E-state index contributed by atoms with van der Waals surface area (Å²) in [5.41, 5.74) is 0. The van der Waals surface area contributed by atoms with Crippen molar-refractivity contribution in [2.75, 3.05) is 13.2 Å². The zero-order valence-electron chi connectivity index (χ0n) is 46.3. The van der Waals surface area contributed by atoms with Gasteiger partial charge in [-0.3, -0.25) is 14.4 Å². The molecule has 0 saturated heterocycles. The highest BCUT2D eigenvalue weighted by molar-refractivity contribution is 5.71. The number of carbonyl (C=O) groups excluding carboxylic acids is 3. The highest BCUT2D eigenvalue weighted by Gasteiger charge is 2.19. The molecule has 0 bridgehead atoms. The third-order valence-corrected chi connectivity index (χ3v) is 12.9. The summed E-state index contributed by atoms with van der Waals surface area (Å²) >= 11 is 0. The molecule has 0 aromatic carbocycles. The number of unbranched alkanes of at least 4 members (excludes halogenated alkanes) is 31. The lowest BCUT2D eigenvalue weighted by atomic mass is 10.0. The first-order valence-corrected chi connectivity index (χ1v) is 29.9. The fraction of sp³-hybridized carbons (Fsp3) is 0.766. The molecule has 0 saturated carbocycles. The smallest absolute Gasteiger partial charge is 0.306 e. The predicted molar refractivity (Wildman–Crippen MR) is 302 cm³/mol. The summed E-state index contributed by atoms with van der Waals surface area (Å²) in [4.78, 5) is 38.2. The molecule has 6 heteroatoms. The van der Waals surface area contributed by atoms with Crippen molar-refractivity contribution in [3.8, 4) is 0 Å². The van der Waals surface area contributed by atoms with Gasteiger partial charge >= 0.3 is 17.9 Å². The zero-order valence-corrected chi connectivity index (χ0v) is 46.3. The minimum Gasteiger partial charge on any atom is -0.462 e. The maximum absolute atomic E-state index is 12.9. The van der Waals surface area contributed by atoms with Crippen LogP contribution in [0.2, 0.25) is 0 Å². The Labute approximate surface area is 433 Å². The lowest BCUT2D eigenvalue weighted by molar-refractivity contribution is -0.167. The average molecular weight is 978 g/mol. The van der Waals surface area contributed by atoms with Gasteiger partial charge in [0.15, 0.2) is 6.10 Å². The van der Waals surface area contributed by atoms with Gasteiger partial charge in [0.05, 0.1) is 0 Å². The lowest BCUT2D eigenvalue weighted by Crippen LogP contribution is -2.30. The first-order valence-electron chi connectivity index (χ1n) is 29.9. The van der Waals surface area contributed by atoms with Crippen molar-refractivity contribution in [3.05, 3.63) is 72.9 Å². The van der Waals surface area contributed by atoms with Gasteiger partial charge in [0.25, 0.3) is 0 Å². The summed E-state index contributed by atoms with van der Waals surface area (Å²) < 4.78 is 16.9. The van der Waals surface area contributed by atoms with E-state index in [1.54, 1.807) is 0 Å². The fourth-order valence-electron chi connectivity index (χ4n) is 8.47. The molecule has 0 N–H and O–H groups in total. The van der Waals surface area contributed by atoms with Gasteiger partial charge in [0.2, 0.25) is 0 Å². The van der Waals surface area contributed by atoms with Crippen LogP contribution in [0, 0.1) is 0 Å². The maximum Gasteiger partial charge on any atom is 0.306 e. The summed E-state index contributed by atoms with van der Waals surface area (Å²) in [6, 6.07) is 0. The molecule has 0 aliphatic heterocycles. The number of allylic oxidation sites excluding steroid dienone is 12. The first kappa shape index (κ1) is 66.9. The fourth-order valence-corrected chi connectivity index (χ4v) is 8.47. The molecule has 0 unspecified atom stereocenters. The van der Waals surface area contributed by atoms with E-state index in [1.807, 2.05) is 0 Å². The van der Waals surface area contributed by atoms with E-state index >= 15 is 0 Å². The second kappa shape index (κ2) is 58.4. The van der Waals surface area contributed by atoms with E-state index in [1.165, 1.54) is 167 Å². The Kier molecular flexibility index (Phi) is 55.8. The van der Waals surface area contributed by atoms with E-state index in [-0.39, 0.29) is 31.1 Å². The van der Waals surface area contributed by atoms with E-state index in [0.29, 0.717) is 19.3 Å². The van der Waals surface area contributed by atoms with Gasteiger partial charge in [-0.1, -0.05) is 261 Å². The highest BCUT2D eigenvalue weighted by atomic mass is 16.6. The standard InChI is InChI=1S/C64H112O6/c1-4-7-10-13-16-19-22-25-28-30-32-34-36-39-42-45-48-51-54-57-63(66)69-60-61(59-68-62(65)56-53-50-47-44-41-38-35-27-24-21-18-15-12-9-6-3)70-64(67)58-55-52-49-46-43-40-37-33-31-29-26-23-20-17-14-11-8-5-2/h9,12,16,18-19,21,25,27-28,35,41,44,61H,4-8,10-11,13-15,17,20,22-24,26,29-34,36-40,42-43,45-60H2,1-3H3/b12-9-,19-16-,21-18-,28-25-,35-27-,44-41-/t61-/m1/s1. The third-order valence-electron chi connectivity index (χ3n) is 12.9. The molecule has 0 aromatic heterocycles. The molecule has 0 aliphatic carbocycles. The molecular formula is C64H112O6. The Balaban J connectivity index is 4.40. The van der Waals surface area contributed by atoms with Gasteiger partial charge in [0, 0.05) is 19.3 Å². The number of esters is 3. The number of rotatable bonds is 54. The molecule has 404 valence electrons. The van der Waals surface area contributed by atoms with E-state index in [9.17, 15) is 14.4 Å². The number of hydrogen-bond donors (Lipinski definition) is 0. The van der Waals surface area contributed by atoms with Crippen molar-refractivity contribution < 1.29 is 28.6 Å².